The summed E-state index contributed by atoms with van der Waals surface area (Å²) < 4.78 is 11.1. The van der Waals surface area contributed by atoms with Gasteiger partial charge in [0.05, 0.1) is 37.2 Å². The molecule has 1 aromatic rings. The van der Waals surface area contributed by atoms with Crippen LogP contribution in [0.15, 0.2) is 16.7 Å². The molecule has 1 aromatic heterocycles. The zero-order valence-electron chi connectivity index (χ0n) is 13.2. The van der Waals surface area contributed by atoms with Crippen molar-refractivity contribution in [3.05, 3.63) is 23.7 Å². The van der Waals surface area contributed by atoms with Gasteiger partial charge in [0.15, 0.2) is 0 Å². The third-order valence-corrected chi connectivity index (χ3v) is 4.91. The fraction of sp³-hybridized carbons (Fsp3) is 0.706. The van der Waals surface area contributed by atoms with E-state index in [0.717, 1.165) is 37.9 Å². The van der Waals surface area contributed by atoms with Gasteiger partial charge in [0.2, 0.25) is 0 Å². The van der Waals surface area contributed by atoms with Gasteiger partial charge in [0.25, 0.3) is 5.91 Å². The van der Waals surface area contributed by atoms with E-state index in [2.05, 4.69) is 6.92 Å². The van der Waals surface area contributed by atoms with Crippen molar-refractivity contribution in [2.24, 2.45) is 5.92 Å². The van der Waals surface area contributed by atoms with Crippen molar-refractivity contribution in [3.8, 4) is 0 Å². The Labute approximate surface area is 131 Å². The fourth-order valence-electron chi connectivity index (χ4n) is 3.75. The van der Waals surface area contributed by atoms with Gasteiger partial charge in [0.1, 0.15) is 5.76 Å². The third kappa shape index (κ3) is 2.92. The third-order valence-electron chi connectivity index (χ3n) is 4.91. The van der Waals surface area contributed by atoms with E-state index < -0.39 is 0 Å². The number of ether oxygens (including phenoxy) is 1. The first-order valence-electron chi connectivity index (χ1n) is 8.35. The number of morpholine rings is 1. The molecule has 0 radical (unpaired) electrons. The minimum absolute atomic E-state index is 0.0181. The van der Waals surface area contributed by atoms with Crippen molar-refractivity contribution in [1.29, 1.82) is 0 Å². The quantitative estimate of drug-likeness (QED) is 0.926. The van der Waals surface area contributed by atoms with Crippen LogP contribution in [0.25, 0.3) is 0 Å². The summed E-state index contributed by atoms with van der Waals surface area (Å²) in [6.45, 7) is 3.74. The van der Waals surface area contributed by atoms with E-state index in [0.29, 0.717) is 25.3 Å². The van der Waals surface area contributed by atoms with Gasteiger partial charge in [-0.3, -0.25) is 4.79 Å². The van der Waals surface area contributed by atoms with Gasteiger partial charge in [0, 0.05) is 18.9 Å². The topological polar surface area (TPSA) is 62.9 Å². The van der Waals surface area contributed by atoms with Gasteiger partial charge in [-0.15, -0.1) is 0 Å². The lowest BCUT2D eigenvalue weighted by molar-refractivity contribution is -0.0384. The molecule has 0 aromatic carbocycles. The van der Waals surface area contributed by atoms with E-state index in [1.54, 1.807) is 12.3 Å². The number of aliphatic hydroxyl groups is 1. The number of carbonyl (C=O) groups is 1. The van der Waals surface area contributed by atoms with Gasteiger partial charge < -0.3 is 19.2 Å². The first-order valence-corrected chi connectivity index (χ1v) is 8.35. The number of hydrogen-bond acceptors (Lipinski definition) is 4. The van der Waals surface area contributed by atoms with E-state index in [-0.39, 0.29) is 24.0 Å². The SMILES string of the molecule is CCCc1occc1C(=O)N1CCOCC1C1CCCC1O. The molecule has 1 aliphatic carbocycles. The molecule has 1 N–H and O–H groups in total. The average Bonchev–Trinajstić information content (AvgIpc) is 3.16. The summed E-state index contributed by atoms with van der Waals surface area (Å²) in [6, 6.07) is 1.74. The van der Waals surface area contributed by atoms with Gasteiger partial charge in [-0.25, -0.2) is 0 Å². The summed E-state index contributed by atoms with van der Waals surface area (Å²) in [5, 5.41) is 10.2. The minimum Gasteiger partial charge on any atom is -0.469 e. The molecule has 5 heteroatoms. The number of furan rings is 1. The molecule has 5 nitrogen and oxygen atoms in total. The monoisotopic (exact) mass is 307 g/mol. The lowest BCUT2D eigenvalue weighted by atomic mass is 9.93. The maximum Gasteiger partial charge on any atom is 0.257 e. The van der Waals surface area contributed by atoms with Crippen LogP contribution in [-0.2, 0) is 11.2 Å². The van der Waals surface area contributed by atoms with E-state index in [4.69, 9.17) is 9.15 Å². The maximum atomic E-state index is 13.0. The normalized spacial score (nSPS) is 29.0. The van der Waals surface area contributed by atoms with E-state index in [1.165, 1.54) is 0 Å². The summed E-state index contributed by atoms with van der Waals surface area (Å²) >= 11 is 0. The highest BCUT2D eigenvalue weighted by Crippen LogP contribution is 2.33. The summed E-state index contributed by atoms with van der Waals surface area (Å²) in [7, 11) is 0. The Morgan fingerprint density at radius 1 is 1.45 bits per heavy atom. The molecule has 0 bridgehead atoms. The Balaban J connectivity index is 1.80. The highest BCUT2D eigenvalue weighted by atomic mass is 16.5. The Hall–Kier alpha value is -1.33. The zero-order valence-corrected chi connectivity index (χ0v) is 13.2. The fourth-order valence-corrected chi connectivity index (χ4v) is 3.75. The largest absolute Gasteiger partial charge is 0.469 e. The van der Waals surface area contributed by atoms with Crippen molar-refractivity contribution in [3.63, 3.8) is 0 Å². The molecule has 1 saturated carbocycles. The van der Waals surface area contributed by atoms with Crippen molar-refractivity contribution in [2.45, 2.75) is 51.2 Å². The van der Waals surface area contributed by atoms with E-state index >= 15 is 0 Å². The van der Waals surface area contributed by atoms with Crippen molar-refractivity contribution < 1.29 is 19.1 Å². The van der Waals surface area contributed by atoms with Crippen LogP contribution in [0.3, 0.4) is 0 Å². The second-order valence-corrected chi connectivity index (χ2v) is 6.31. The van der Waals surface area contributed by atoms with Gasteiger partial charge in [-0.2, -0.15) is 0 Å². The molecular formula is C17H25NO4. The summed E-state index contributed by atoms with van der Waals surface area (Å²) in [5.41, 5.74) is 0.668. The number of nitrogens with zero attached hydrogens (tertiary/aromatic N) is 1. The van der Waals surface area contributed by atoms with E-state index in [9.17, 15) is 9.90 Å². The Bertz CT molecular complexity index is 513. The molecule has 1 amide bonds. The molecule has 1 saturated heterocycles. The molecule has 2 heterocycles. The van der Waals surface area contributed by atoms with Crippen LogP contribution in [-0.4, -0.2) is 47.8 Å². The molecule has 2 aliphatic rings. The minimum atomic E-state index is -0.318. The van der Waals surface area contributed by atoms with E-state index in [1.807, 2.05) is 4.90 Å². The maximum absolute atomic E-state index is 13.0. The second-order valence-electron chi connectivity index (χ2n) is 6.31. The van der Waals surface area contributed by atoms with Crippen molar-refractivity contribution in [1.82, 2.24) is 4.90 Å². The molecule has 3 unspecified atom stereocenters. The van der Waals surface area contributed by atoms with Crippen LogP contribution >= 0.6 is 0 Å². The van der Waals surface area contributed by atoms with Crippen molar-refractivity contribution >= 4 is 5.91 Å². The lowest BCUT2D eigenvalue weighted by Gasteiger charge is -2.40. The predicted molar refractivity (Wildman–Crippen MR) is 81.7 cm³/mol. The zero-order chi connectivity index (χ0) is 15.5. The summed E-state index contributed by atoms with van der Waals surface area (Å²) in [6.07, 6.45) is 5.82. The number of carbonyl (C=O) groups excluding carboxylic acids is 1. The second kappa shape index (κ2) is 6.84. The number of hydrogen-bond donors (Lipinski definition) is 1. The summed E-state index contributed by atoms with van der Waals surface area (Å²) in [5.74, 6) is 0.917. The molecule has 2 fully saturated rings. The Morgan fingerprint density at radius 2 is 2.32 bits per heavy atom. The van der Waals surface area contributed by atoms with Crippen LogP contribution in [0.5, 0.6) is 0 Å². The molecule has 22 heavy (non-hydrogen) atoms. The Morgan fingerprint density at radius 3 is 3.05 bits per heavy atom. The predicted octanol–water partition coefficient (Wildman–Crippen LogP) is 2.23. The van der Waals surface area contributed by atoms with Crippen LogP contribution in [0, 0.1) is 5.92 Å². The highest BCUT2D eigenvalue weighted by Gasteiger charge is 2.40. The van der Waals surface area contributed by atoms with Crippen LogP contribution in [0.2, 0.25) is 0 Å². The first-order chi connectivity index (χ1) is 10.7. The van der Waals surface area contributed by atoms with Crippen LogP contribution in [0.4, 0.5) is 0 Å². The van der Waals surface area contributed by atoms with Gasteiger partial charge in [-0.05, 0) is 25.3 Å². The Kier molecular flexibility index (Phi) is 4.84. The van der Waals surface area contributed by atoms with Gasteiger partial charge >= 0.3 is 0 Å². The van der Waals surface area contributed by atoms with Gasteiger partial charge in [-0.1, -0.05) is 13.3 Å². The number of aryl methyl sites for hydroxylation is 1. The van der Waals surface area contributed by atoms with Crippen LogP contribution < -0.4 is 0 Å². The highest BCUT2D eigenvalue weighted by molar-refractivity contribution is 5.95. The number of amides is 1. The molecule has 0 spiro atoms. The summed E-state index contributed by atoms with van der Waals surface area (Å²) in [4.78, 5) is 14.9. The molecule has 3 atom stereocenters. The lowest BCUT2D eigenvalue weighted by Crippen LogP contribution is -2.53. The number of aliphatic hydroxyl groups excluding tert-OH is 1. The van der Waals surface area contributed by atoms with Crippen LogP contribution in [0.1, 0.15) is 48.7 Å². The molecule has 122 valence electrons. The standard InChI is InChI=1S/C17H25NO4/c1-2-4-16-13(7-9-22-16)17(20)18-8-10-21-11-14(18)12-5-3-6-15(12)19/h7,9,12,14-15,19H,2-6,8,10-11H2,1H3. The average molecular weight is 307 g/mol. The molecular weight excluding hydrogens is 282 g/mol. The number of rotatable bonds is 4. The molecule has 1 aliphatic heterocycles. The smallest absolute Gasteiger partial charge is 0.257 e. The molecule has 3 rings (SSSR count). The first kappa shape index (κ1) is 15.6. The van der Waals surface area contributed by atoms with Crippen molar-refractivity contribution in [2.75, 3.05) is 19.8 Å².